The molecule has 0 unspecified atom stereocenters. The second-order valence-electron chi connectivity index (χ2n) is 6.63. The first-order valence-electron chi connectivity index (χ1n) is 8.38. The van der Waals surface area contributed by atoms with Crippen LogP contribution in [0.5, 0.6) is 0 Å². The number of fused-ring (bicyclic) bond motifs is 1. The van der Waals surface area contributed by atoms with E-state index in [0.29, 0.717) is 23.7 Å². The smallest absolute Gasteiger partial charge is 0.123 e. The van der Waals surface area contributed by atoms with Crippen molar-refractivity contribution in [3.63, 3.8) is 0 Å². The number of hydrogen-bond donors (Lipinski definition) is 1. The Morgan fingerprint density at radius 1 is 1.22 bits per heavy atom. The molecule has 0 aliphatic carbocycles. The topological polar surface area (TPSA) is 51.4 Å². The molecule has 120 valence electrons. The van der Waals surface area contributed by atoms with Crippen LogP contribution in [0.2, 0.25) is 0 Å². The fraction of sp³-hybridized carbons (Fsp3) is 0.421. The Labute approximate surface area is 137 Å². The normalized spacial score (nSPS) is 27.7. The number of anilines is 1. The molecule has 0 radical (unpaired) electrons. The maximum Gasteiger partial charge on any atom is 0.123 e. The predicted octanol–water partition coefficient (Wildman–Crippen LogP) is 2.67. The minimum Gasteiger partial charge on any atom is -0.384 e. The van der Waals surface area contributed by atoms with Crippen molar-refractivity contribution < 1.29 is 4.74 Å². The lowest BCUT2D eigenvalue weighted by Gasteiger charge is -2.32. The summed E-state index contributed by atoms with van der Waals surface area (Å²) in [7, 11) is 0. The molecule has 1 aromatic heterocycles. The molecule has 2 fully saturated rings. The van der Waals surface area contributed by atoms with Gasteiger partial charge in [-0.05, 0) is 29.7 Å². The first kappa shape index (κ1) is 14.7. The fourth-order valence-corrected chi connectivity index (χ4v) is 4.17. The van der Waals surface area contributed by atoms with Crippen molar-refractivity contribution in [1.29, 1.82) is 0 Å². The van der Waals surface area contributed by atoms with E-state index < -0.39 is 0 Å². The molecule has 23 heavy (non-hydrogen) atoms. The van der Waals surface area contributed by atoms with Crippen molar-refractivity contribution in [1.82, 2.24) is 9.88 Å². The summed E-state index contributed by atoms with van der Waals surface area (Å²) in [6.07, 6.45) is 2.92. The highest BCUT2D eigenvalue weighted by atomic mass is 16.5. The number of pyridine rings is 1. The number of nitrogens with zero attached hydrogens (tertiary/aromatic N) is 2. The Bertz CT molecular complexity index is 661. The lowest BCUT2D eigenvalue weighted by atomic mass is 9.84. The number of likely N-dealkylation sites (tertiary alicyclic amines) is 1. The van der Waals surface area contributed by atoms with E-state index in [4.69, 9.17) is 10.5 Å². The SMILES string of the molecule is Nc1cc(CN2C[C@H](c3ccccc3)[C@@H]3COCC[C@H]32)ccn1. The Kier molecular flexibility index (Phi) is 4.02. The van der Waals surface area contributed by atoms with Crippen molar-refractivity contribution in [2.24, 2.45) is 5.92 Å². The van der Waals surface area contributed by atoms with Gasteiger partial charge in [-0.25, -0.2) is 4.98 Å². The highest BCUT2D eigenvalue weighted by Crippen LogP contribution is 2.41. The van der Waals surface area contributed by atoms with Gasteiger partial charge in [0.05, 0.1) is 6.61 Å². The third-order valence-corrected chi connectivity index (χ3v) is 5.24. The monoisotopic (exact) mass is 309 g/mol. The van der Waals surface area contributed by atoms with Gasteiger partial charge in [-0.2, -0.15) is 0 Å². The summed E-state index contributed by atoms with van der Waals surface area (Å²) in [6, 6.07) is 15.5. The predicted molar refractivity (Wildman–Crippen MR) is 91.0 cm³/mol. The summed E-state index contributed by atoms with van der Waals surface area (Å²) >= 11 is 0. The van der Waals surface area contributed by atoms with E-state index in [1.807, 2.05) is 6.07 Å². The molecule has 0 bridgehead atoms. The molecular formula is C19H23N3O. The quantitative estimate of drug-likeness (QED) is 0.947. The Morgan fingerprint density at radius 2 is 2.09 bits per heavy atom. The molecule has 0 amide bonds. The Morgan fingerprint density at radius 3 is 2.91 bits per heavy atom. The second kappa shape index (κ2) is 6.30. The standard InChI is InChI=1S/C19H23N3O/c20-19-10-14(6-8-21-19)11-22-12-16(15-4-2-1-3-5-15)17-13-23-9-7-18(17)22/h1-6,8,10,16-18H,7,9,11-13H2,(H2,20,21)/t16-,17+,18-/m1/s1. The van der Waals surface area contributed by atoms with Gasteiger partial charge in [0.2, 0.25) is 0 Å². The van der Waals surface area contributed by atoms with E-state index in [1.165, 1.54) is 11.1 Å². The van der Waals surface area contributed by atoms with Crippen molar-refractivity contribution in [3.8, 4) is 0 Å². The average molecular weight is 309 g/mol. The first-order chi connectivity index (χ1) is 11.3. The zero-order chi connectivity index (χ0) is 15.6. The van der Waals surface area contributed by atoms with Crippen LogP contribution < -0.4 is 5.73 Å². The maximum absolute atomic E-state index is 5.83. The molecule has 0 spiro atoms. The molecule has 4 nitrogen and oxygen atoms in total. The van der Waals surface area contributed by atoms with Crippen LogP contribution in [0, 0.1) is 5.92 Å². The molecule has 4 heteroatoms. The number of aromatic nitrogens is 1. The van der Waals surface area contributed by atoms with Gasteiger partial charge in [0.25, 0.3) is 0 Å². The largest absolute Gasteiger partial charge is 0.384 e. The van der Waals surface area contributed by atoms with E-state index in [9.17, 15) is 0 Å². The van der Waals surface area contributed by atoms with Crippen LogP contribution >= 0.6 is 0 Å². The molecule has 1 aromatic carbocycles. The van der Waals surface area contributed by atoms with Crippen molar-refractivity contribution >= 4 is 5.82 Å². The highest BCUT2D eigenvalue weighted by Gasteiger charge is 2.43. The summed E-state index contributed by atoms with van der Waals surface area (Å²) < 4.78 is 5.80. The summed E-state index contributed by atoms with van der Waals surface area (Å²) in [5.74, 6) is 1.75. The molecule has 3 atom stereocenters. The second-order valence-corrected chi connectivity index (χ2v) is 6.63. The number of nitrogen functional groups attached to an aromatic ring is 1. The zero-order valence-electron chi connectivity index (χ0n) is 13.3. The van der Waals surface area contributed by atoms with Crippen molar-refractivity contribution in [3.05, 3.63) is 59.8 Å². The van der Waals surface area contributed by atoms with Gasteiger partial charge < -0.3 is 10.5 Å². The fourth-order valence-electron chi connectivity index (χ4n) is 4.17. The van der Waals surface area contributed by atoms with E-state index >= 15 is 0 Å². The molecule has 3 heterocycles. The third kappa shape index (κ3) is 2.96. The minimum atomic E-state index is 0.556. The molecule has 2 saturated heterocycles. The molecule has 2 N–H and O–H groups in total. The number of ether oxygens (including phenoxy) is 1. The summed E-state index contributed by atoms with van der Waals surface area (Å²) in [5, 5.41) is 0. The molecule has 0 saturated carbocycles. The van der Waals surface area contributed by atoms with Gasteiger partial charge in [-0.15, -0.1) is 0 Å². The first-order valence-corrected chi connectivity index (χ1v) is 8.38. The highest BCUT2D eigenvalue weighted by molar-refractivity contribution is 5.32. The molecular weight excluding hydrogens is 286 g/mol. The molecule has 2 aliphatic rings. The number of rotatable bonds is 3. The van der Waals surface area contributed by atoms with Crippen LogP contribution in [-0.2, 0) is 11.3 Å². The van der Waals surface area contributed by atoms with Crippen molar-refractivity contribution in [2.75, 3.05) is 25.5 Å². The van der Waals surface area contributed by atoms with Gasteiger partial charge >= 0.3 is 0 Å². The van der Waals surface area contributed by atoms with Crippen LogP contribution in [0.3, 0.4) is 0 Å². The molecule has 4 rings (SSSR count). The summed E-state index contributed by atoms with van der Waals surface area (Å²) in [4.78, 5) is 6.71. The van der Waals surface area contributed by atoms with Gasteiger partial charge in [-0.1, -0.05) is 30.3 Å². The van der Waals surface area contributed by atoms with E-state index in [2.05, 4.69) is 46.3 Å². The van der Waals surface area contributed by atoms with Crippen molar-refractivity contribution in [2.45, 2.75) is 24.9 Å². The number of benzene rings is 1. The van der Waals surface area contributed by atoms with Gasteiger partial charge in [0.15, 0.2) is 0 Å². The van der Waals surface area contributed by atoms with Crippen LogP contribution in [0.25, 0.3) is 0 Å². The van der Waals surface area contributed by atoms with Gasteiger partial charge in [0.1, 0.15) is 5.82 Å². The molecule has 2 aliphatic heterocycles. The summed E-state index contributed by atoms with van der Waals surface area (Å²) in [5.41, 5.74) is 8.52. The van der Waals surface area contributed by atoms with Gasteiger partial charge in [-0.3, -0.25) is 4.90 Å². The lowest BCUT2D eigenvalue weighted by molar-refractivity contribution is 0.0177. The minimum absolute atomic E-state index is 0.556. The van der Waals surface area contributed by atoms with E-state index in [-0.39, 0.29) is 0 Å². The van der Waals surface area contributed by atoms with Crippen LogP contribution in [0.4, 0.5) is 5.82 Å². The van der Waals surface area contributed by atoms with Crippen LogP contribution in [-0.4, -0.2) is 35.7 Å². The summed E-state index contributed by atoms with van der Waals surface area (Å²) in [6.45, 7) is 3.78. The van der Waals surface area contributed by atoms with Crippen LogP contribution in [0.15, 0.2) is 48.7 Å². The Hall–Kier alpha value is -1.91. The molecule has 2 aromatic rings. The number of hydrogen-bond acceptors (Lipinski definition) is 4. The Balaban J connectivity index is 1.58. The lowest BCUT2D eigenvalue weighted by Crippen LogP contribution is -2.38. The third-order valence-electron chi connectivity index (χ3n) is 5.24. The van der Waals surface area contributed by atoms with E-state index in [0.717, 1.165) is 32.7 Å². The van der Waals surface area contributed by atoms with Crippen LogP contribution in [0.1, 0.15) is 23.5 Å². The van der Waals surface area contributed by atoms with E-state index in [1.54, 1.807) is 6.20 Å². The van der Waals surface area contributed by atoms with Gasteiger partial charge in [0, 0.05) is 43.8 Å². The zero-order valence-corrected chi connectivity index (χ0v) is 13.3. The average Bonchev–Trinajstić information content (AvgIpc) is 2.95. The number of nitrogens with two attached hydrogens (primary N) is 1. The maximum atomic E-state index is 5.83.